The van der Waals surface area contributed by atoms with Crippen LogP contribution in [0.2, 0.25) is 0 Å². The Morgan fingerprint density at radius 3 is 0.949 bits per heavy atom. The Balaban J connectivity index is 0.742. The van der Waals surface area contributed by atoms with Crippen LogP contribution in [-0.4, -0.2) is 0 Å². The van der Waals surface area contributed by atoms with E-state index < -0.39 is 10.8 Å². The summed E-state index contributed by atoms with van der Waals surface area (Å²) in [5.41, 5.74) is 24.8. The number of hydrogen-bond acceptors (Lipinski definition) is 4. The molecule has 0 fully saturated rings. The number of thioether (sulfide) groups is 2. The summed E-state index contributed by atoms with van der Waals surface area (Å²) in [7, 11) is 0. The van der Waals surface area contributed by atoms with Crippen molar-refractivity contribution in [2.75, 3.05) is 9.80 Å². The quantitative estimate of drug-likeness (QED) is 0.0744. The molecule has 0 aliphatic heterocycles. The molecule has 2 nitrogen and oxygen atoms in total. The third-order valence-electron chi connectivity index (χ3n) is 19.6. The van der Waals surface area contributed by atoms with E-state index in [2.05, 4.69) is 314 Å². The lowest BCUT2D eigenvalue weighted by atomic mass is 9.67. The number of anilines is 6. The zero-order chi connectivity index (χ0) is 66.2. The standard InChI is InChI=1S/C92H66F2N2S2/c1-3-63-23-27-65(28-24-63)61-97-81-53-39-71(40-54-81)91(69-35-43-73(93)44-36-69)87-21-13-11-19-83(87)85-57-51-79(59-89(85)91)95(75-15-7-5-8-16-75)77-47-31-67(32-48-77)68-33-49-78(50-34-68)96(76-17-9-6-10-18-76)80-52-58-86-84-20-12-14-22-88(84)92(90(86)60-80,70-37-45-74(94)46-38-70)72-41-55-82(56-42-72)98-62-66-29-25-64(4-2)26-30-66/h3-60H,1-2,61-62H2. The largest absolute Gasteiger partial charge is 0.310 e. The second kappa shape index (κ2) is 26.4. The van der Waals surface area contributed by atoms with Gasteiger partial charge in [-0.25, -0.2) is 8.78 Å². The van der Waals surface area contributed by atoms with Crippen molar-refractivity contribution in [1.82, 2.24) is 0 Å². The van der Waals surface area contributed by atoms with E-state index in [4.69, 9.17) is 0 Å². The fourth-order valence-electron chi connectivity index (χ4n) is 14.9. The first-order chi connectivity index (χ1) is 48.3. The first-order valence-corrected chi connectivity index (χ1v) is 35.1. The predicted octanol–water partition coefficient (Wildman–Crippen LogP) is 25.2. The summed E-state index contributed by atoms with van der Waals surface area (Å²) in [6, 6.07) is 119. The molecule has 0 spiro atoms. The Kier molecular flexibility index (Phi) is 16.6. The Bertz CT molecular complexity index is 4880. The van der Waals surface area contributed by atoms with Gasteiger partial charge in [0.2, 0.25) is 0 Å². The first kappa shape index (κ1) is 61.6. The minimum Gasteiger partial charge on any atom is -0.310 e. The summed E-state index contributed by atoms with van der Waals surface area (Å²) >= 11 is 3.63. The molecule has 0 N–H and O–H groups in total. The number of nitrogens with zero attached hydrogens (tertiary/aromatic N) is 2. The summed E-state index contributed by atoms with van der Waals surface area (Å²) in [5, 5.41) is 0. The zero-order valence-electron chi connectivity index (χ0n) is 53.8. The maximum absolute atomic E-state index is 15.1. The SMILES string of the molecule is C=Cc1ccc(CSc2ccc(C3(c4ccc(F)cc4)c4ccccc4-c4ccc(N(c5ccccc5)c5ccc(-c6ccc(N(c7ccccc7)c7ccc8c(c7)C(c7ccc(F)cc7)(c7ccc(SCc9ccc(C=C)cc9)cc7)c7ccccc7-8)cc6)cc5)cc43)cc2)cc1. The Morgan fingerprint density at radius 2 is 0.592 bits per heavy atom. The monoisotopic (exact) mass is 1300 g/mol. The summed E-state index contributed by atoms with van der Waals surface area (Å²) in [4.78, 5) is 7.02. The van der Waals surface area contributed by atoms with Gasteiger partial charge < -0.3 is 9.80 Å². The lowest BCUT2D eigenvalue weighted by Crippen LogP contribution is -2.29. The van der Waals surface area contributed by atoms with E-state index >= 15 is 8.78 Å². The van der Waals surface area contributed by atoms with E-state index in [1.807, 2.05) is 59.9 Å². The third-order valence-corrected chi connectivity index (χ3v) is 21.7. The van der Waals surface area contributed by atoms with Crippen LogP contribution in [0.25, 0.3) is 45.5 Å². The van der Waals surface area contributed by atoms with E-state index in [0.717, 1.165) is 135 Å². The van der Waals surface area contributed by atoms with Crippen LogP contribution in [0.3, 0.4) is 0 Å². The van der Waals surface area contributed by atoms with Crippen LogP contribution < -0.4 is 9.80 Å². The van der Waals surface area contributed by atoms with Crippen LogP contribution >= 0.6 is 23.5 Å². The first-order valence-electron chi connectivity index (χ1n) is 33.1. The van der Waals surface area contributed by atoms with Crippen LogP contribution in [0.1, 0.15) is 66.8 Å². The van der Waals surface area contributed by atoms with E-state index in [0.29, 0.717) is 0 Å². The number of rotatable bonds is 19. The van der Waals surface area contributed by atoms with Crippen LogP contribution in [-0.2, 0) is 22.3 Å². The fraction of sp³-hybridized carbons (Fsp3) is 0.0435. The van der Waals surface area contributed by atoms with Crippen molar-refractivity contribution >= 4 is 69.8 Å². The molecule has 0 saturated carbocycles. The molecule has 2 unspecified atom stereocenters. The van der Waals surface area contributed by atoms with Crippen molar-refractivity contribution in [3.63, 3.8) is 0 Å². The van der Waals surface area contributed by atoms with Crippen LogP contribution in [0.15, 0.2) is 363 Å². The van der Waals surface area contributed by atoms with Crippen molar-refractivity contribution in [2.45, 2.75) is 32.1 Å². The van der Waals surface area contributed by atoms with Gasteiger partial charge >= 0.3 is 0 Å². The Labute approximate surface area is 581 Å². The molecule has 2 atom stereocenters. The van der Waals surface area contributed by atoms with Crippen molar-refractivity contribution in [2.24, 2.45) is 0 Å². The van der Waals surface area contributed by atoms with Gasteiger partial charge in [0.25, 0.3) is 0 Å². The second-order valence-corrected chi connectivity index (χ2v) is 27.1. The Morgan fingerprint density at radius 1 is 0.286 bits per heavy atom. The number of halogens is 2. The topological polar surface area (TPSA) is 6.48 Å². The summed E-state index contributed by atoms with van der Waals surface area (Å²) < 4.78 is 30.2. The molecule has 2 aliphatic rings. The summed E-state index contributed by atoms with van der Waals surface area (Å²) in [6.07, 6.45) is 3.75. The van der Waals surface area contributed by atoms with Crippen molar-refractivity contribution in [1.29, 1.82) is 0 Å². The van der Waals surface area contributed by atoms with Crippen LogP contribution in [0.4, 0.5) is 42.9 Å². The summed E-state index contributed by atoms with van der Waals surface area (Å²) in [5.74, 6) is 1.14. The molecule has 98 heavy (non-hydrogen) atoms. The smallest absolute Gasteiger partial charge is 0.123 e. The number of benzene rings is 14. The zero-order valence-corrected chi connectivity index (χ0v) is 55.4. The summed E-state index contributed by atoms with van der Waals surface area (Å²) in [6.45, 7) is 7.85. The molecule has 470 valence electrons. The van der Waals surface area contributed by atoms with Gasteiger partial charge in [-0.2, -0.15) is 0 Å². The van der Waals surface area contributed by atoms with E-state index in [9.17, 15) is 0 Å². The molecule has 0 amide bonds. The molecule has 0 heterocycles. The second-order valence-electron chi connectivity index (χ2n) is 25.0. The van der Waals surface area contributed by atoms with Crippen LogP contribution in [0, 0.1) is 11.6 Å². The van der Waals surface area contributed by atoms with Gasteiger partial charge in [-0.1, -0.05) is 244 Å². The maximum Gasteiger partial charge on any atom is 0.123 e. The molecule has 14 aromatic rings. The Hall–Kier alpha value is -11.3. The van der Waals surface area contributed by atoms with Gasteiger partial charge in [-0.15, -0.1) is 23.5 Å². The highest BCUT2D eigenvalue weighted by Gasteiger charge is 2.48. The van der Waals surface area contributed by atoms with Gasteiger partial charge in [0.15, 0.2) is 0 Å². The minimum absolute atomic E-state index is 0.272. The lowest BCUT2D eigenvalue weighted by molar-refractivity contribution is 0.624. The van der Waals surface area contributed by atoms with Gasteiger partial charge in [0.1, 0.15) is 11.6 Å². The van der Waals surface area contributed by atoms with Gasteiger partial charge in [0, 0.05) is 55.4 Å². The van der Waals surface area contributed by atoms with Crippen molar-refractivity contribution < 1.29 is 8.78 Å². The fourth-order valence-corrected chi connectivity index (χ4v) is 16.6. The number of para-hydroxylation sites is 2. The molecular formula is C92H66F2N2S2. The molecule has 0 bridgehead atoms. The molecule has 0 saturated heterocycles. The molecular weight excluding hydrogens is 1240 g/mol. The average molecular weight is 1300 g/mol. The average Bonchev–Trinajstić information content (AvgIpc) is 1.54. The highest BCUT2D eigenvalue weighted by atomic mass is 32.2. The molecule has 16 rings (SSSR count). The lowest BCUT2D eigenvalue weighted by Gasteiger charge is -2.35. The molecule has 0 aromatic heterocycles. The van der Waals surface area contributed by atoms with Crippen molar-refractivity contribution in [3.05, 3.63) is 431 Å². The van der Waals surface area contributed by atoms with Crippen molar-refractivity contribution in [3.8, 4) is 33.4 Å². The van der Waals surface area contributed by atoms with Gasteiger partial charge in [-0.3, -0.25) is 0 Å². The molecule has 14 aromatic carbocycles. The van der Waals surface area contributed by atoms with Gasteiger partial charge in [-0.05, 0) is 221 Å². The van der Waals surface area contributed by atoms with E-state index in [-0.39, 0.29) is 11.6 Å². The van der Waals surface area contributed by atoms with E-state index in [1.54, 1.807) is 24.3 Å². The normalized spacial score (nSPS) is 14.8. The predicted molar refractivity (Wildman–Crippen MR) is 408 cm³/mol. The highest BCUT2D eigenvalue weighted by molar-refractivity contribution is 7.98. The number of hydrogen-bond donors (Lipinski definition) is 0. The van der Waals surface area contributed by atoms with Gasteiger partial charge in [0.05, 0.1) is 10.8 Å². The molecule has 2 aliphatic carbocycles. The third kappa shape index (κ3) is 11.2. The number of fused-ring (bicyclic) bond motifs is 6. The van der Waals surface area contributed by atoms with Crippen LogP contribution in [0.5, 0.6) is 0 Å². The van der Waals surface area contributed by atoms with E-state index in [1.165, 1.54) is 20.9 Å². The molecule has 0 radical (unpaired) electrons. The maximum atomic E-state index is 15.1. The molecule has 6 heteroatoms. The highest BCUT2D eigenvalue weighted by Crippen LogP contribution is 2.60. The minimum atomic E-state index is -0.762.